The van der Waals surface area contributed by atoms with Gasteiger partial charge in [0, 0.05) is 42.8 Å². The van der Waals surface area contributed by atoms with Crippen LogP contribution in [-0.4, -0.2) is 16.1 Å². The third-order valence-corrected chi connectivity index (χ3v) is 9.67. The van der Waals surface area contributed by atoms with Gasteiger partial charge in [-0.3, -0.25) is 0 Å². The van der Waals surface area contributed by atoms with Crippen LogP contribution in [0.25, 0.3) is 0 Å². The number of hydrogen-bond donors (Lipinski definition) is 0. The van der Waals surface area contributed by atoms with Crippen molar-refractivity contribution in [2.24, 2.45) is 17.8 Å². The third kappa shape index (κ3) is 8.05. The Labute approximate surface area is 268 Å². The lowest BCUT2D eigenvalue weighted by atomic mass is 9.76. The van der Waals surface area contributed by atoms with Crippen LogP contribution in [0.5, 0.6) is 5.75 Å². The van der Waals surface area contributed by atoms with Gasteiger partial charge in [-0.15, -0.1) is 0 Å². The fourth-order valence-electron chi connectivity index (χ4n) is 7.09. The summed E-state index contributed by atoms with van der Waals surface area (Å²) in [6.07, 6.45) is 6.55. The molecule has 1 heterocycles. The van der Waals surface area contributed by atoms with Crippen molar-refractivity contribution in [2.45, 2.75) is 102 Å². The first-order valence-corrected chi connectivity index (χ1v) is 16.2. The maximum absolute atomic E-state index is 15.3. The zero-order chi connectivity index (χ0) is 33.9. The highest BCUT2D eigenvalue weighted by molar-refractivity contribution is 5.40. The van der Waals surface area contributed by atoms with Gasteiger partial charge in [0.15, 0.2) is 0 Å². The minimum atomic E-state index is -4.76. The molecule has 0 amide bonds. The number of unbranched alkanes of at least 4 members (excludes halogenated alkanes) is 2. The standard InChI is InChI=1S/C35H37F9N2O/c1-2-3-4-5-19-6-8-20(9-7-19)23-17-45-34(46-18-23)21-10-11-25(26(36)12-21)22-13-29(39)32(30(40)14-22)35(43,44)47-24-15-27(37)31(33(41)42)28(38)16-24/h12-13,15-22,25,33H,2-11,14H2,1H3/t19?,20?,21-,22+,25?/m1/s1. The minimum absolute atomic E-state index is 0.0699. The monoisotopic (exact) mass is 672 g/mol. The Kier molecular flexibility index (Phi) is 11.1. The van der Waals surface area contributed by atoms with Gasteiger partial charge in [0.25, 0.3) is 6.43 Å². The Morgan fingerprint density at radius 1 is 0.872 bits per heavy atom. The molecule has 1 fully saturated rings. The van der Waals surface area contributed by atoms with E-state index in [2.05, 4.69) is 21.6 Å². The van der Waals surface area contributed by atoms with Crippen molar-refractivity contribution in [1.82, 2.24) is 9.97 Å². The maximum atomic E-state index is 15.3. The number of aromatic nitrogens is 2. The number of hydrogen-bond acceptors (Lipinski definition) is 3. The number of nitrogens with zero attached hydrogens (tertiary/aromatic N) is 2. The predicted molar refractivity (Wildman–Crippen MR) is 158 cm³/mol. The topological polar surface area (TPSA) is 35.0 Å². The van der Waals surface area contributed by atoms with Gasteiger partial charge in [-0.05, 0) is 74.0 Å². The van der Waals surface area contributed by atoms with Crippen LogP contribution >= 0.6 is 0 Å². The molecule has 5 rings (SSSR count). The molecule has 3 aliphatic rings. The van der Waals surface area contributed by atoms with E-state index in [1.807, 2.05) is 0 Å². The summed E-state index contributed by atoms with van der Waals surface area (Å²) in [5.74, 6) is -9.99. The first-order valence-electron chi connectivity index (χ1n) is 16.2. The fraction of sp³-hybridized carbons (Fsp3) is 0.543. The van der Waals surface area contributed by atoms with Gasteiger partial charge < -0.3 is 4.74 Å². The van der Waals surface area contributed by atoms with Crippen LogP contribution in [0.4, 0.5) is 39.5 Å². The summed E-state index contributed by atoms with van der Waals surface area (Å²) in [6, 6.07) is 0.140. The molecule has 1 unspecified atom stereocenters. The Bertz CT molecular complexity index is 1470. The number of benzene rings is 1. The fourth-order valence-corrected chi connectivity index (χ4v) is 7.09. The van der Waals surface area contributed by atoms with Gasteiger partial charge in [-0.2, -0.15) is 8.78 Å². The number of halogens is 9. The van der Waals surface area contributed by atoms with Gasteiger partial charge in [-0.1, -0.05) is 32.6 Å². The molecule has 1 aromatic carbocycles. The summed E-state index contributed by atoms with van der Waals surface area (Å²) in [5, 5.41) is 0. The molecule has 0 N–H and O–H groups in total. The van der Waals surface area contributed by atoms with E-state index in [1.54, 1.807) is 12.4 Å². The van der Waals surface area contributed by atoms with Gasteiger partial charge in [0.2, 0.25) is 0 Å². The number of allylic oxidation sites excluding steroid dienone is 4. The molecule has 0 bridgehead atoms. The molecule has 2 aromatic rings. The molecule has 0 saturated heterocycles. The predicted octanol–water partition coefficient (Wildman–Crippen LogP) is 11.7. The van der Waals surface area contributed by atoms with Crippen LogP contribution in [0.15, 0.2) is 59.7 Å². The van der Waals surface area contributed by atoms with E-state index in [9.17, 15) is 30.7 Å². The summed E-state index contributed by atoms with van der Waals surface area (Å²) in [7, 11) is 0. The molecule has 3 atom stereocenters. The van der Waals surface area contributed by atoms with E-state index in [0.717, 1.165) is 24.3 Å². The number of rotatable bonds is 11. The van der Waals surface area contributed by atoms with E-state index in [4.69, 9.17) is 0 Å². The largest absolute Gasteiger partial charge is 0.432 e. The number of alkyl halides is 4. The van der Waals surface area contributed by atoms with Crippen LogP contribution in [0, 0.1) is 29.4 Å². The lowest BCUT2D eigenvalue weighted by Gasteiger charge is -2.32. The van der Waals surface area contributed by atoms with E-state index in [0.29, 0.717) is 24.2 Å². The van der Waals surface area contributed by atoms with Gasteiger partial charge in [0.1, 0.15) is 46.3 Å². The highest BCUT2D eigenvalue weighted by Crippen LogP contribution is 2.47. The van der Waals surface area contributed by atoms with Gasteiger partial charge >= 0.3 is 6.11 Å². The first-order chi connectivity index (χ1) is 22.4. The normalized spacial score (nSPS) is 25.6. The molecular formula is C35H37F9N2O. The second kappa shape index (κ2) is 14.8. The highest BCUT2D eigenvalue weighted by atomic mass is 19.3. The molecular weight excluding hydrogens is 635 g/mol. The quantitative estimate of drug-likeness (QED) is 0.176. The summed E-state index contributed by atoms with van der Waals surface area (Å²) in [5.41, 5.74) is -2.42. The van der Waals surface area contributed by atoms with Crippen molar-refractivity contribution in [3.05, 3.63) is 88.3 Å². The summed E-state index contributed by atoms with van der Waals surface area (Å²) in [4.78, 5) is 9.01. The van der Waals surface area contributed by atoms with E-state index in [-0.39, 0.29) is 18.6 Å². The van der Waals surface area contributed by atoms with Crippen LogP contribution in [0.1, 0.15) is 113 Å². The van der Waals surface area contributed by atoms with Crippen molar-refractivity contribution < 1.29 is 44.3 Å². The maximum Gasteiger partial charge on any atom is 0.432 e. The molecule has 3 aliphatic carbocycles. The Balaban J connectivity index is 1.21. The molecule has 1 saturated carbocycles. The first kappa shape index (κ1) is 35.0. The zero-order valence-corrected chi connectivity index (χ0v) is 25.9. The SMILES string of the molecule is CCCCCC1CCC(c2cnc([C@H]3C=C(F)C([C@H]4C=C(F)C(C(F)(F)Oc5cc(F)c(C(F)F)c(F)c5)=C(F)C4)CC3)nc2)CC1. The molecule has 47 heavy (non-hydrogen) atoms. The van der Waals surface area contributed by atoms with Crippen LogP contribution in [0.3, 0.4) is 0 Å². The Hall–Kier alpha value is -3.31. The lowest BCUT2D eigenvalue weighted by molar-refractivity contribution is -0.143. The summed E-state index contributed by atoms with van der Waals surface area (Å²) in [6.45, 7) is 2.20. The second-order valence-electron chi connectivity index (χ2n) is 12.8. The Morgan fingerprint density at radius 2 is 1.53 bits per heavy atom. The average molecular weight is 673 g/mol. The molecule has 0 spiro atoms. The number of ether oxygens (including phenoxy) is 1. The van der Waals surface area contributed by atoms with Crippen LogP contribution in [-0.2, 0) is 0 Å². The van der Waals surface area contributed by atoms with Crippen molar-refractivity contribution in [1.29, 1.82) is 0 Å². The van der Waals surface area contributed by atoms with Gasteiger partial charge in [0.05, 0.1) is 5.56 Å². The second-order valence-corrected chi connectivity index (χ2v) is 12.8. The molecule has 0 radical (unpaired) electrons. The molecule has 0 aliphatic heterocycles. The summed E-state index contributed by atoms with van der Waals surface area (Å²) < 4.78 is 132. The van der Waals surface area contributed by atoms with E-state index in [1.165, 1.54) is 44.6 Å². The van der Waals surface area contributed by atoms with Crippen molar-refractivity contribution in [3.8, 4) is 5.75 Å². The van der Waals surface area contributed by atoms with Crippen molar-refractivity contribution in [2.75, 3.05) is 0 Å². The molecule has 12 heteroatoms. The van der Waals surface area contributed by atoms with Gasteiger partial charge in [-0.25, -0.2) is 40.7 Å². The molecule has 256 valence electrons. The molecule has 1 aromatic heterocycles. The smallest absolute Gasteiger partial charge is 0.429 e. The zero-order valence-electron chi connectivity index (χ0n) is 25.9. The van der Waals surface area contributed by atoms with E-state index < -0.39 is 82.7 Å². The van der Waals surface area contributed by atoms with Crippen molar-refractivity contribution in [3.63, 3.8) is 0 Å². The minimum Gasteiger partial charge on any atom is -0.429 e. The molecule has 3 nitrogen and oxygen atoms in total. The third-order valence-electron chi connectivity index (χ3n) is 9.67. The van der Waals surface area contributed by atoms with Crippen LogP contribution < -0.4 is 4.74 Å². The average Bonchev–Trinajstić information content (AvgIpc) is 3.00. The highest BCUT2D eigenvalue weighted by Gasteiger charge is 2.46. The Morgan fingerprint density at radius 3 is 2.11 bits per heavy atom. The van der Waals surface area contributed by atoms with Crippen molar-refractivity contribution >= 4 is 0 Å². The van der Waals surface area contributed by atoms with E-state index >= 15 is 8.78 Å². The van der Waals surface area contributed by atoms with Crippen LogP contribution in [0.2, 0.25) is 0 Å². The summed E-state index contributed by atoms with van der Waals surface area (Å²) >= 11 is 0. The lowest BCUT2D eigenvalue weighted by Crippen LogP contribution is -2.32.